The van der Waals surface area contributed by atoms with Gasteiger partial charge in [-0.05, 0) is 11.1 Å². The Balaban J connectivity index is 0.000000329. The number of halogens is 2. The van der Waals surface area contributed by atoms with Crippen LogP contribution in [0.5, 0.6) is 0 Å². The molecule has 1 aromatic rings. The van der Waals surface area contributed by atoms with E-state index in [1.807, 2.05) is 0 Å². The summed E-state index contributed by atoms with van der Waals surface area (Å²) < 4.78 is 0. The summed E-state index contributed by atoms with van der Waals surface area (Å²) in [6.45, 7) is 1.56. The third-order valence-corrected chi connectivity index (χ3v) is 2.52. The summed E-state index contributed by atoms with van der Waals surface area (Å²) in [6.07, 6.45) is 8.40. The second-order valence-corrected chi connectivity index (χ2v) is 11.4. The van der Waals surface area contributed by atoms with Gasteiger partial charge in [0.05, 0.1) is 0 Å². The Morgan fingerprint density at radius 1 is 0.882 bits per heavy atom. The standard InChI is InChI=1S/C12H10N2.2ClH.Hg/c1-3-9-5-6-10-4-2-8-14-12(10)11(9)13-7-1;;;/h1-6H,7-8H2;2*1H;/q-2;;;+2/p-2. The molecule has 0 radical (unpaired) electrons. The van der Waals surface area contributed by atoms with Gasteiger partial charge in [0.2, 0.25) is 0 Å². The average molecular weight is 454 g/mol. The van der Waals surface area contributed by atoms with E-state index in [0.717, 1.165) is 24.5 Å². The minimum atomic E-state index is -1.14. The molecule has 0 amide bonds. The molecule has 0 aliphatic carbocycles. The molecule has 2 aliphatic heterocycles. The molecular weight excluding hydrogens is 444 g/mol. The van der Waals surface area contributed by atoms with Gasteiger partial charge in [0, 0.05) is 0 Å². The Morgan fingerprint density at radius 3 is 1.71 bits per heavy atom. The van der Waals surface area contributed by atoms with Crippen molar-refractivity contribution in [1.29, 1.82) is 0 Å². The van der Waals surface area contributed by atoms with Gasteiger partial charge in [-0.15, -0.1) is 36.6 Å². The third kappa shape index (κ3) is 3.18. The van der Waals surface area contributed by atoms with Gasteiger partial charge in [-0.1, -0.05) is 24.3 Å². The predicted octanol–water partition coefficient (Wildman–Crippen LogP) is 5.13. The summed E-state index contributed by atoms with van der Waals surface area (Å²) in [5.74, 6) is 0. The summed E-state index contributed by atoms with van der Waals surface area (Å²) in [5, 5.41) is 8.98. The molecule has 1 aromatic carbocycles. The number of fused-ring (bicyclic) bond motifs is 3. The SMILES string of the molecule is C1=Cc2ccc3c(c2[N-]C1)[N-]CC=C3.[Cl][Hg][Cl]. The van der Waals surface area contributed by atoms with Crippen molar-refractivity contribution in [3.8, 4) is 0 Å². The fourth-order valence-electron chi connectivity index (χ4n) is 1.86. The number of hydrogen-bond donors (Lipinski definition) is 0. The molecule has 0 unspecified atom stereocenters. The van der Waals surface area contributed by atoms with Crippen molar-refractivity contribution in [2.24, 2.45) is 0 Å². The van der Waals surface area contributed by atoms with Gasteiger partial charge >= 0.3 is 38.6 Å². The van der Waals surface area contributed by atoms with E-state index in [0.29, 0.717) is 0 Å². The zero-order valence-electron chi connectivity index (χ0n) is 9.24. The van der Waals surface area contributed by atoms with Gasteiger partial charge in [0.15, 0.2) is 0 Å². The third-order valence-electron chi connectivity index (χ3n) is 2.52. The van der Waals surface area contributed by atoms with Crippen LogP contribution in [0.1, 0.15) is 11.1 Å². The zero-order valence-corrected chi connectivity index (χ0v) is 16.2. The molecule has 0 spiro atoms. The number of benzene rings is 1. The first-order valence-corrected chi connectivity index (χ1v) is 18.9. The molecule has 0 aromatic heterocycles. The van der Waals surface area contributed by atoms with Crippen molar-refractivity contribution in [1.82, 2.24) is 0 Å². The molecule has 0 saturated heterocycles. The molecule has 0 saturated carbocycles. The van der Waals surface area contributed by atoms with Gasteiger partial charge in [-0.3, -0.25) is 0 Å². The van der Waals surface area contributed by atoms with Crippen molar-refractivity contribution in [2.45, 2.75) is 0 Å². The van der Waals surface area contributed by atoms with Crippen LogP contribution in [-0.2, 0) is 22.1 Å². The first-order valence-electron chi connectivity index (χ1n) is 5.34. The van der Waals surface area contributed by atoms with E-state index in [2.05, 4.69) is 47.1 Å². The Bertz CT molecular complexity index is 417. The Labute approximate surface area is 120 Å². The molecule has 0 fully saturated rings. The molecule has 3 rings (SSSR count). The van der Waals surface area contributed by atoms with E-state index in [4.69, 9.17) is 16.5 Å². The van der Waals surface area contributed by atoms with Crippen LogP contribution in [0.4, 0.5) is 11.4 Å². The van der Waals surface area contributed by atoms with Crippen molar-refractivity contribution < 1.29 is 22.1 Å². The Morgan fingerprint density at radius 2 is 1.29 bits per heavy atom. The van der Waals surface area contributed by atoms with E-state index < -0.39 is 22.1 Å². The molecule has 2 nitrogen and oxygen atoms in total. The van der Waals surface area contributed by atoms with Gasteiger partial charge in [-0.2, -0.15) is 0 Å². The van der Waals surface area contributed by atoms with Gasteiger partial charge in [0.1, 0.15) is 0 Å². The summed E-state index contributed by atoms with van der Waals surface area (Å²) >= 11 is -1.14. The minimum absolute atomic E-state index is 0.780. The van der Waals surface area contributed by atoms with E-state index in [1.165, 1.54) is 11.1 Å². The van der Waals surface area contributed by atoms with Crippen LogP contribution >= 0.6 is 16.5 Å². The molecule has 0 bridgehead atoms. The van der Waals surface area contributed by atoms with Crippen LogP contribution < -0.4 is 0 Å². The van der Waals surface area contributed by atoms with E-state index in [-0.39, 0.29) is 0 Å². The average Bonchev–Trinajstić information content (AvgIpc) is 2.40. The molecule has 0 atom stereocenters. The van der Waals surface area contributed by atoms with Crippen LogP contribution in [-0.4, -0.2) is 13.1 Å². The molecular formula is C12H10Cl2HgN2-2. The number of nitrogens with zero attached hydrogens (tertiary/aromatic N) is 2. The monoisotopic (exact) mass is 454 g/mol. The molecule has 5 heteroatoms. The van der Waals surface area contributed by atoms with Crippen LogP contribution in [0.25, 0.3) is 22.8 Å². The quantitative estimate of drug-likeness (QED) is 0.488. The normalized spacial score (nSPS) is 14.2. The number of rotatable bonds is 0. The summed E-state index contributed by atoms with van der Waals surface area (Å²) in [4.78, 5) is 0. The molecule has 2 heterocycles. The molecule has 17 heavy (non-hydrogen) atoms. The number of hydrogen-bond acceptors (Lipinski definition) is 0. The summed E-state index contributed by atoms with van der Waals surface area (Å²) in [6, 6.07) is 4.22. The fraction of sp³-hybridized carbons (Fsp3) is 0.167. The first-order chi connectivity index (χ1) is 8.36. The molecule has 0 N–H and O–H groups in total. The molecule has 86 valence electrons. The zero-order chi connectivity index (χ0) is 12.1. The second kappa shape index (κ2) is 6.67. The Kier molecular flexibility index (Phi) is 5.20. The van der Waals surface area contributed by atoms with Crippen LogP contribution in [0.15, 0.2) is 24.3 Å². The van der Waals surface area contributed by atoms with E-state index >= 15 is 0 Å². The fourth-order valence-corrected chi connectivity index (χ4v) is 1.86. The summed E-state index contributed by atoms with van der Waals surface area (Å²) in [7, 11) is 9.97. The van der Waals surface area contributed by atoms with Gasteiger partial charge in [-0.25, -0.2) is 0 Å². The second-order valence-electron chi connectivity index (χ2n) is 3.53. The van der Waals surface area contributed by atoms with Crippen molar-refractivity contribution >= 4 is 40.0 Å². The van der Waals surface area contributed by atoms with E-state index in [1.54, 1.807) is 0 Å². The predicted molar refractivity (Wildman–Crippen MR) is 72.0 cm³/mol. The Hall–Kier alpha value is -0.185. The summed E-state index contributed by atoms with van der Waals surface area (Å²) in [5.41, 5.74) is 4.51. The maximum atomic E-state index is 4.99. The molecule has 2 aliphatic rings. The first kappa shape index (κ1) is 13.3. The van der Waals surface area contributed by atoms with E-state index in [9.17, 15) is 0 Å². The van der Waals surface area contributed by atoms with Crippen LogP contribution in [0, 0.1) is 0 Å². The van der Waals surface area contributed by atoms with Crippen molar-refractivity contribution in [2.75, 3.05) is 13.1 Å². The topological polar surface area (TPSA) is 28.2 Å². The van der Waals surface area contributed by atoms with Gasteiger partial charge < -0.3 is 10.6 Å². The van der Waals surface area contributed by atoms with Crippen LogP contribution in [0.3, 0.4) is 0 Å². The van der Waals surface area contributed by atoms with Gasteiger partial charge in [0.25, 0.3) is 0 Å². The maximum absolute atomic E-state index is 4.99. The van der Waals surface area contributed by atoms with Crippen molar-refractivity contribution in [3.05, 3.63) is 46.0 Å². The van der Waals surface area contributed by atoms with Crippen LogP contribution in [0.2, 0.25) is 0 Å². The van der Waals surface area contributed by atoms with Crippen molar-refractivity contribution in [3.63, 3.8) is 0 Å².